The molecule has 0 bridgehead atoms. The predicted molar refractivity (Wildman–Crippen MR) is 108 cm³/mol. The van der Waals surface area contributed by atoms with Gasteiger partial charge in [0.05, 0.1) is 5.75 Å². The van der Waals surface area contributed by atoms with Crippen LogP contribution in [0.2, 0.25) is 0 Å². The fourth-order valence-electron chi connectivity index (χ4n) is 2.17. The van der Waals surface area contributed by atoms with Crippen molar-refractivity contribution < 1.29 is 4.79 Å². The van der Waals surface area contributed by atoms with Crippen LogP contribution < -0.4 is 5.32 Å². The number of amides is 1. The molecule has 0 saturated carbocycles. The van der Waals surface area contributed by atoms with Gasteiger partial charge in [0.25, 0.3) is 0 Å². The molecule has 3 aromatic rings. The third-order valence-electron chi connectivity index (χ3n) is 3.39. The number of nitrogens with one attached hydrogen (secondary N) is 1. The van der Waals surface area contributed by atoms with Crippen molar-refractivity contribution in [1.29, 1.82) is 0 Å². The standard InChI is InChI=1S/C19H18N2OS3/c1-13-10-16(25-19-20-14(2)11-24-19)8-9-17(13)21-18(22)12-23-15-6-4-3-5-7-15/h3-11H,12H2,1-2H3,(H,21,22). The van der Waals surface area contributed by atoms with Crippen molar-refractivity contribution in [3.05, 3.63) is 65.2 Å². The Hall–Kier alpha value is -1.76. The Morgan fingerprint density at radius 3 is 2.60 bits per heavy atom. The van der Waals surface area contributed by atoms with E-state index in [1.54, 1.807) is 23.1 Å². The molecule has 0 atom stereocenters. The molecule has 0 aliphatic rings. The molecule has 1 amide bonds. The highest BCUT2D eigenvalue weighted by atomic mass is 32.2. The van der Waals surface area contributed by atoms with Gasteiger partial charge < -0.3 is 5.32 Å². The number of hydrogen-bond donors (Lipinski definition) is 1. The SMILES string of the molecule is Cc1csc(Sc2ccc(NC(=O)CSc3ccccc3)c(C)c2)n1. The molecule has 2 aromatic carbocycles. The quantitative estimate of drug-likeness (QED) is 0.557. The van der Waals surface area contributed by atoms with Crippen molar-refractivity contribution in [1.82, 2.24) is 4.98 Å². The van der Waals surface area contributed by atoms with Gasteiger partial charge in [0.2, 0.25) is 5.91 Å². The van der Waals surface area contributed by atoms with Gasteiger partial charge in [-0.2, -0.15) is 0 Å². The first kappa shape index (κ1) is 18.0. The molecule has 1 heterocycles. The van der Waals surface area contributed by atoms with Crippen LogP contribution in [0, 0.1) is 13.8 Å². The largest absolute Gasteiger partial charge is 0.325 e. The number of rotatable bonds is 6. The average Bonchev–Trinajstić information content (AvgIpc) is 3.01. The van der Waals surface area contributed by atoms with Gasteiger partial charge in [0, 0.05) is 26.6 Å². The molecule has 0 radical (unpaired) electrons. The molecule has 0 aliphatic carbocycles. The topological polar surface area (TPSA) is 42.0 Å². The molecule has 0 unspecified atom stereocenters. The van der Waals surface area contributed by atoms with E-state index in [4.69, 9.17) is 0 Å². The summed E-state index contributed by atoms with van der Waals surface area (Å²) in [5, 5.41) is 5.04. The number of carbonyl (C=O) groups excluding carboxylic acids is 1. The number of nitrogens with zero attached hydrogens (tertiary/aromatic N) is 1. The normalized spacial score (nSPS) is 10.6. The number of carbonyl (C=O) groups is 1. The van der Waals surface area contributed by atoms with Crippen LogP contribution in [-0.4, -0.2) is 16.6 Å². The van der Waals surface area contributed by atoms with Crippen LogP contribution in [-0.2, 0) is 4.79 Å². The molecule has 128 valence electrons. The lowest BCUT2D eigenvalue weighted by Crippen LogP contribution is -2.14. The molecular weight excluding hydrogens is 368 g/mol. The lowest BCUT2D eigenvalue weighted by atomic mass is 10.2. The second kappa shape index (κ2) is 8.56. The summed E-state index contributed by atoms with van der Waals surface area (Å²) < 4.78 is 1.04. The van der Waals surface area contributed by atoms with Gasteiger partial charge in [-0.15, -0.1) is 23.1 Å². The zero-order chi connectivity index (χ0) is 17.6. The van der Waals surface area contributed by atoms with Crippen molar-refractivity contribution in [3.8, 4) is 0 Å². The van der Waals surface area contributed by atoms with Crippen LogP contribution in [0.5, 0.6) is 0 Å². The summed E-state index contributed by atoms with van der Waals surface area (Å²) in [6.07, 6.45) is 0. The highest BCUT2D eigenvalue weighted by molar-refractivity contribution is 8.01. The first-order chi connectivity index (χ1) is 12.1. The van der Waals surface area contributed by atoms with E-state index in [1.807, 2.05) is 61.7 Å². The zero-order valence-electron chi connectivity index (χ0n) is 14.0. The van der Waals surface area contributed by atoms with Crippen molar-refractivity contribution in [2.45, 2.75) is 28.0 Å². The number of thioether (sulfide) groups is 1. The maximum absolute atomic E-state index is 12.2. The fraction of sp³-hybridized carbons (Fsp3) is 0.158. The van der Waals surface area contributed by atoms with Crippen molar-refractivity contribution in [2.75, 3.05) is 11.1 Å². The smallest absolute Gasteiger partial charge is 0.234 e. The summed E-state index contributed by atoms with van der Waals surface area (Å²) in [6, 6.07) is 16.0. The molecule has 0 saturated heterocycles. The van der Waals surface area contributed by atoms with Crippen molar-refractivity contribution in [3.63, 3.8) is 0 Å². The van der Waals surface area contributed by atoms with Gasteiger partial charge in [0.15, 0.2) is 4.34 Å². The monoisotopic (exact) mass is 386 g/mol. The number of thiazole rings is 1. The Labute approximate surface area is 160 Å². The maximum Gasteiger partial charge on any atom is 0.234 e. The molecule has 25 heavy (non-hydrogen) atoms. The predicted octanol–water partition coefficient (Wildman–Crippen LogP) is 5.64. The third-order valence-corrected chi connectivity index (χ3v) is 6.45. The Kier molecular flexibility index (Phi) is 6.18. The number of benzene rings is 2. The van der Waals surface area contributed by atoms with Gasteiger partial charge >= 0.3 is 0 Å². The lowest BCUT2D eigenvalue weighted by Gasteiger charge is -2.10. The minimum absolute atomic E-state index is 0.00732. The van der Waals surface area contributed by atoms with Gasteiger partial charge in [0.1, 0.15) is 0 Å². The van der Waals surface area contributed by atoms with Gasteiger partial charge in [-0.3, -0.25) is 4.79 Å². The Balaban J connectivity index is 1.58. The third kappa shape index (κ3) is 5.36. The van der Waals surface area contributed by atoms with Crippen LogP contribution in [0.25, 0.3) is 0 Å². The highest BCUT2D eigenvalue weighted by Crippen LogP contribution is 2.32. The fourth-order valence-corrected chi connectivity index (χ4v) is 4.80. The Bertz CT molecular complexity index is 862. The first-order valence-electron chi connectivity index (χ1n) is 7.78. The summed E-state index contributed by atoms with van der Waals surface area (Å²) in [5.74, 6) is 0.408. The number of aryl methyl sites for hydroxylation is 2. The molecule has 0 aliphatic heterocycles. The molecule has 3 rings (SSSR count). The second-order valence-corrected chi connectivity index (χ2v) is 8.71. The van der Waals surface area contributed by atoms with Crippen LogP contribution in [0.1, 0.15) is 11.3 Å². The van der Waals surface area contributed by atoms with Crippen LogP contribution in [0.4, 0.5) is 5.69 Å². The van der Waals surface area contributed by atoms with Crippen LogP contribution in [0.15, 0.2) is 68.0 Å². The summed E-state index contributed by atoms with van der Waals surface area (Å²) in [6.45, 7) is 4.01. The minimum atomic E-state index is 0.00732. The van der Waals surface area contributed by atoms with Gasteiger partial charge in [-0.1, -0.05) is 30.0 Å². The number of anilines is 1. The van der Waals surface area contributed by atoms with E-state index < -0.39 is 0 Å². The van der Waals surface area contributed by atoms with Crippen LogP contribution >= 0.6 is 34.9 Å². The van der Waals surface area contributed by atoms with Crippen molar-refractivity contribution in [2.24, 2.45) is 0 Å². The van der Waals surface area contributed by atoms with Crippen LogP contribution in [0.3, 0.4) is 0 Å². The molecular formula is C19H18N2OS3. The van der Waals surface area contributed by atoms with E-state index in [0.29, 0.717) is 5.75 Å². The molecule has 1 aromatic heterocycles. The van der Waals surface area contributed by atoms with Gasteiger partial charge in [-0.25, -0.2) is 4.98 Å². The minimum Gasteiger partial charge on any atom is -0.325 e. The van der Waals surface area contributed by atoms with Crippen molar-refractivity contribution >= 4 is 46.5 Å². The maximum atomic E-state index is 12.2. The van der Waals surface area contributed by atoms with Gasteiger partial charge in [-0.05, 0) is 49.7 Å². The van der Waals surface area contributed by atoms with E-state index in [9.17, 15) is 4.79 Å². The Morgan fingerprint density at radius 1 is 1.12 bits per heavy atom. The Morgan fingerprint density at radius 2 is 1.92 bits per heavy atom. The summed E-state index contributed by atoms with van der Waals surface area (Å²) in [5.41, 5.74) is 2.96. The highest BCUT2D eigenvalue weighted by Gasteiger charge is 2.08. The van der Waals surface area contributed by atoms with E-state index in [0.717, 1.165) is 31.1 Å². The first-order valence-corrected chi connectivity index (χ1v) is 10.5. The molecule has 3 nitrogen and oxygen atoms in total. The number of hydrogen-bond acceptors (Lipinski definition) is 5. The average molecular weight is 387 g/mol. The summed E-state index contributed by atoms with van der Waals surface area (Å²) in [4.78, 5) is 18.9. The van der Waals surface area contributed by atoms with E-state index in [1.165, 1.54) is 11.8 Å². The summed E-state index contributed by atoms with van der Waals surface area (Å²) >= 11 is 4.84. The molecule has 6 heteroatoms. The molecule has 0 fully saturated rings. The molecule has 1 N–H and O–H groups in total. The van der Waals surface area contributed by atoms with E-state index >= 15 is 0 Å². The number of aromatic nitrogens is 1. The molecule has 0 spiro atoms. The van der Waals surface area contributed by atoms with E-state index in [-0.39, 0.29) is 5.91 Å². The van der Waals surface area contributed by atoms with E-state index in [2.05, 4.69) is 16.4 Å². The lowest BCUT2D eigenvalue weighted by molar-refractivity contribution is -0.113. The summed E-state index contributed by atoms with van der Waals surface area (Å²) in [7, 11) is 0. The zero-order valence-corrected chi connectivity index (χ0v) is 16.4. The second-order valence-electron chi connectivity index (χ2n) is 5.48.